The molecule has 1 heterocycles. The Hall–Kier alpha value is -3.49. The van der Waals surface area contributed by atoms with Gasteiger partial charge < -0.3 is 9.47 Å². The van der Waals surface area contributed by atoms with Crippen molar-refractivity contribution in [2.75, 3.05) is 13.2 Å². The number of hydrogen-bond acceptors (Lipinski definition) is 6. The van der Waals surface area contributed by atoms with Gasteiger partial charge in [-0.3, -0.25) is 4.79 Å². The molecule has 0 bridgehead atoms. The predicted octanol–water partition coefficient (Wildman–Crippen LogP) is 5.79. The van der Waals surface area contributed by atoms with Gasteiger partial charge in [-0.05, 0) is 55.5 Å². The molecule has 0 spiro atoms. The molecule has 0 aliphatic rings. The SMILES string of the molecule is CCOc1ccc(-n2nc(C(=O)OCC(=O)c3ccc(Br)cc3)nc2-c2cccc(Cl)c2)cc1. The van der Waals surface area contributed by atoms with Crippen LogP contribution in [0.3, 0.4) is 0 Å². The summed E-state index contributed by atoms with van der Waals surface area (Å²) in [7, 11) is 0. The van der Waals surface area contributed by atoms with E-state index in [9.17, 15) is 9.59 Å². The third-order valence-corrected chi connectivity index (χ3v) is 5.53. The number of carbonyl (C=O) groups is 2. The molecule has 0 aliphatic carbocycles. The van der Waals surface area contributed by atoms with Crippen molar-refractivity contribution in [3.05, 3.63) is 93.7 Å². The summed E-state index contributed by atoms with van der Waals surface area (Å²) in [6.07, 6.45) is 0. The molecule has 0 fully saturated rings. The van der Waals surface area contributed by atoms with Crippen molar-refractivity contribution in [2.24, 2.45) is 0 Å². The summed E-state index contributed by atoms with van der Waals surface area (Å²) >= 11 is 9.48. The number of esters is 1. The molecule has 1 aromatic heterocycles. The molecule has 0 radical (unpaired) electrons. The van der Waals surface area contributed by atoms with E-state index in [0.717, 1.165) is 4.47 Å². The van der Waals surface area contributed by atoms with Crippen molar-refractivity contribution < 1.29 is 19.1 Å². The van der Waals surface area contributed by atoms with E-state index in [1.54, 1.807) is 66.7 Å². The summed E-state index contributed by atoms with van der Waals surface area (Å²) in [6.45, 7) is 2.03. The zero-order valence-corrected chi connectivity index (χ0v) is 20.4. The van der Waals surface area contributed by atoms with Gasteiger partial charge in [-0.15, -0.1) is 5.10 Å². The number of aromatic nitrogens is 3. The monoisotopic (exact) mass is 539 g/mol. The summed E-state index contributed by atoms with van der Waals surface area (Å²) in [5, 5.41) is 4.87. The van der Waals surface area contributed by atoms with Crippen LogP contribution in [0, 0.1) is 0 Å². The zero-order chi connectivity index (χ0) is 24.1. The quantitative estimate of drug-likeness (QED) is 0.208. The number of Topliss-reactive ketones (excluding diaryl/α,β-unsaturated/α-hetero) is 1. The fourth-order valence-corrected chi connectivity index (χ4v) is 3.61. The number of hydrogen-bond donors (Lipinski definition) is 0. The smallest absolute Gasteiger partial charge is 0.378 e. The third-order valence-electron chi connectivity index (χ3n) is 4.77. The molecule has 4 aromatic rings. The van der Waals surface area contributed by atoms with Crippen molar-refractivity contribution in [1.82, 2.24) is 14.8 Å². The Balaban J connectivity index is 1.61. The lowest BCUT2D eigenvalue weighted by Crippen LogP contribution is -2.15. The van der Waals surface area contributed by atoms with E-state index < -0.39 is 12.6 Å². The number of carbonyl (C=O) groups excluding carboxylic acids is 2. The minimum absolute atomic E-state index is 0.174. The van der Waals surface area contributed by atoms with Crippen LogP contribution in [-0.4, -0.2) is 39.7 Å². The number of ketones is 1. The zero-order valence-electron chi connectivity index (χ0n) is 18.1. The summed E-state index contributed by atoms with van der Waals surface area (Å²) in [5.74, 6) is -0.202. The molecule has 34 heavy (non-hydrogen) atoms. The van der Waals surface area contributed by atoms with Gasteiger partial charge in [-0.25, -0.2) is 14.5 Å². The minimum Gasteiger partial charge on any atom is -0.494 e. The first kappa shape index (κ1) is 23.7. The van der Waals surface area contributed by atoms with Crippen molar-refractivity contribution in [1.29, 1.82) is 0 Å². The lowest BCUT2D eigenvalue weighted by molar-refractivity contribution is 0.0462. The molecule has 0 unspecified atom stereocenters. The standard InChI is InChI=1S/C25H19BrClN3O4/c1-2-33-21-12-10-20(11-13-21)30-24(17-4-3-5-19(27)14-17)28-23(29-30)25(32)34-15-22(31)16-6-8-18(26)9-7-16/h3-14H,2,15H2,1H3. The molecular weight excluding hydrogens is 522 g/mol. The molecule has 4 rings (SSSR count). The Morgan fingerprint density at radius 1 is 1.03 bits per heavy atom. The summed E-state index contributed by atoms with van der Waals surface area (Å²) in [5.41, 5.74) is 1.76. The van der Waals surface area contributed by atoms with Crippen molar-refractivity contribution in [3.8, 4) is 22.8 Å². The number of ether oxygens (including phenoxy) is 2. The first-order chi connectivity index (χ1) is 16.4. The normalized spacial score (nSPS) is 10.7. The van der Waals surface area contributed by atoms with E-state index >= 15 is 0 Å². The lowest BCUT2D eigenvalue weighted by Gasteiger charge is -2.08. The van der Waals surface area contributed by atoms with Crippen LogP contribution >= 0.6 is 27.5 Å². The van der Waals surface area contributed by atoms with Crippen LogP contribution in [-0.2, 0) is 4.74 Å². The molecule has 7 nitrogen and oxygen atoms in total. The van der Waals surface area contributed by atoms with Crippen LogP contribution in [0.15, 0.2) is 77.3 Å². The number of halogens is 2. The first-order valence-electron chi connectivity index (χ1n) is 10.4. The average molecular weight is 541 g/mol. The Kier molecular flexibility index (Phi) is 7.40. The average Bonchev–Trinajstić information content (AvgIpc) is 3.29. The van der Waals surface area contributed by atoms with Gasteiger partial charge >= 0.3 is 5.97 Å². The highest BCUT2D eigenvalue weighted by Gasteiger charge is 2.21. The molecule has 0 saturated carbocycles. The highest BCUT2D eigenvalue weighted by atomic mass is 79.9. The highest BCUT2D eigenvalue weighted by molar-refractivity contribution is 9.10. The van der Waals surface area contributed by atoms with Gasteiger partial charge in [-0.1, -0.05) is 51.8 Å². The lowest BCUT2D eigenvalue weighted by atomic mass is 10.1. The maximum atomic E-state index is 12.7. The van der Waals surface area contributed by atoms with E-state index in [4.69, 9.17) is 21.1 Å². The first-order valence-corrected chi connectivity index (χ1v) is 11.5. The topological polar surface area (TPSA) is 83.3 Å². The van der Waals surface area contributed by atoms with Crippen molar-refractivity contribution in [2.45, 2.75) is 6.92 Å². The molecule has 9 heteroatoms. The molecule has 3 aromatic carbocycles. The molecule has 0 atom stereocenters. The van der Waals surface area contributed by atoms with E-state index in [0.29, 0.717) is 40.0 Å². The highest BCUT2D eigenvalue weighted by Crippen LogP contribution is 2.25. The molecule has 0 N–H and O–H groups in total. The number of nitrogens with zero attached hydrogens (tertiary/aromatic N) is 3. The van der Waals surface area contributed by atoms with Gasteiger partial charge in [0, 0.05) is 20.6 Å². The van der Waals surface area contributed by atoms with Crippen LogP contribution in [0.1, 0.15) is 27.9 Å². The van der Waals surface area contributed by atoms with Gasteiger partial charge in [0.15, 0.2) is 18.2 Å². The van der Waals surface area contributed by atoms with Gasteiger partial charge in [0.05, 0.1) is 12.3 Å². The maximum absolute atomic E-state index is 12.7. The second-order valence-corrected chi connectivity index (χ2v) is 8.47. The van der Waals surface area contributed by atoms with Gasteiger partial charge in [-0.2, -0.15) is 0 Å². The molecule has 0 aliphatic heterocycles. The van der Waals surface area contributed by atoms with E-state index in [-0.39, 0.29) is 11.6 Å². The fourth-order valence-electron chi connectivity index (χ4n) is 3.16. The summed E-state index contributed by atoms with van der Waals surface area (Å²) < 4.78 is 13.1. The van der Waals surface area contributed by atoms with Crippen LogP contribution in [0.5, 0.6) is 5.75 Å². The largest absolute Gasteiger partial charge is 0.494 e. The van der Waals surface area contributed by atoms with Crippen molar-refractivity contribution >= 4 is 39.3 Å². The maximum Gasteiger partial charge on any atom is 0.378 e. The van der Waals surface area contributed by atoms with Crippen LogP contribution < -0.4 is 4.74 Å². The van der Waals surface area contributed by atoms with Crippen molar-refractivity contribution in [3.63, 3.8) is 0 Å². The van der Waals surface area contributed by atoms with E-state index in [1.165, 1.54) is 4.68 Å². The summed E-state index contributed by atoms with van der Waals surface area (Å²) in [6, 6.07) is 21.1. The fraction of sp³-hybridized carbons (Fsp3) is 0.120. The van der Waals surface area contributed by atoms with Crippen LogP contribution in [0.2, 0.25) is 5.02 Å². The Morgan fingerprint density at radius 2 is 1.76 bits per heavy atom. The molecule has 0 amide bonds. The molecule has 172 valence electrons. The minimum atomic E-state index is -0.807. The third kappa shape index (κ3) is 5.52. The van der Waals surface area contributed by atoms with Gasteiger partial charge in [0.1, 0.15) is 5.75 Å². The van der Waals surface area contributed by atoms with Gasteiger partial charge in [0.2, 0.25) is 0 Å². The van der Waals surface area contributed by atoms with Gasteiger partial charge in [0.25, 0.3) is 5.82 Å². The van der Waals surface area contributed by atoms with Crippen LogP contribution in [0.4, 0.5) is 0 Å². The predicted molar refractivity (Wildman–Crippen MR) is 132 cm³/mol. The Morgan fingerprint density at radius 3 is 2.44 bits per heavy atom. The van der Waals surface area contributed by atoms with Crippen LogP contribution in [0.25, 0.3) is 17.1 Å². The second-order valence-electron chi connectivity index (χ2n) is 7.11. The molecule has 0 saturated heterocycles. The van der Waals surface area contributed by atoms with E-state index in [2.05, 4.69) is 26.0 Å². The molecular formula is C25H19BrClN3O4. The van der Waals surface area contributed by atoms with E-state index in [1.807, 2.05) is 13.0 Å². The second kappa shape index (κ2) is 10.6. The Bertz CT molecular complexity index is 1320. The number of rotatable bonds is 8. The summed E-state index contributed by atoms with van der Waals surface area (Å²) in [4.78, 5) is 29.5. The Labute approximate surface area is 209 Å². The number of benzene rings is 3.